The molecule has 0 aliphatic carbocycles. The van der Waals surface area contributed by atoms with E-state index in [0.717, 1.165) is 6.08 Å². The Morgan fingerprint density at radius 3 is 1.85 bits per heavy atom. The highest BCUT2D eigenvalue weighted by Crippen LogP contribution is 2.39. The van der Waals surface area contributed by atoms with Crippen LogP contribution in [0.2, 0.25) is 0 Å². The number of carbonyl (C=O) groups excluding carboxylic acids is 4. The lowest BCUT2D eigenvalue weighted by Crippen LogP contribution is -2.59. The van der Waals surface area contributed by atoms with Crippen LogP contribution in [0, 0.1) is 35.5 Å². The highest BCUT2D eigenvalue weighted by molar-refractivity contribution is 5.90. The van der Waals surface area contributed by atoms with Crippen LogP contribution in [0.15, 0.2) is 73.3 Å². The molecule has 3 heterocycles. The number of hydrogen-bond donors (Lipinski definition) is 2. The summed E-state index contributed by atoms with van der Waals surface area (Å²) < 4.78 is 45.4. The van der Waals surface area contributed by atoms with Gasteiger partial charge in [-0.05, 0) is 84.3 Å². The lowest BCUT2D eigenvalue weighted by Gasteiger charge is -2.47. The first kappa shape index (κ1) is 52.0. The van der Waals surface area contributed by atoms with Crippen LogP contribution in [0.3, 0.4) is 0 Å². The minimum atomic E-state index is -2.16. The summed E-state index contributed by atoms with van der Waals surface area (Å²) in [6, 6.07) is 17.1. The van der Waals surface area contributed by atoms with E-state index in [4.69, 9.17) is 33.2 Å². The maximum atomic E-state index is 14.5. The molecule has 3 fully saturated rings. The SMILES string of the molecule is C=C[C@@]1(O)C(CC)OC(=O)C(C)C(O[C@H]2CC(C)[C@@H](OC(=O)c3ccccc3)C(C)O2)C(C)[C@@H](OC2OC(C)CC(N(C)C)[C@H]2OC(=O)c2ccccc2)C(C)C[C@@H](C)C(=O)[C@H](C)[C@H]1O. The van der Waals surface area contributed by atoms with Gasteiger partial charge in [0.25, 0.3) is 0 Å². The number of ether oxygens (including phenoxy) is 7. The van der Waals surface area contributed by atoms with Crippen molar-refractivity contribution >= 4 is 23.7 Å². The van der Waals surface area contributed by atoms with Crippen LogP contribution in [-0.4, -0.2) is 126 Å². The van der Waals surface area contributed by atoms with E-state index >= 15 is 0 Å². The number of benzene rings is 2. The molecule has 14 nitrogen and oxygen atoms in total. The number of aliphatic hydroxyl groups excluding tert-OH is 1. The van der Waals surface area contributed by atoms with Crippen LogP contribution in [-0.2, 0) is 42.7 Å². The monoisotopic (exact) mass is 908 g/mol. The number of cyclic esters (lactones) is 1. The molecule has 2 aromatic carbocycles. The molecule has 3 aliphatic heterocycles. The largest absolute Gasteiger partial charge is 0.459 e. The fourth-order valence-electron chi connectivity index (χ4n) is 10.0. The van der Waals surface area contributed by atoms with E-state index in [-0.39, 0.29) is 36.7 Å². The minimum absolute atomic E-state index is 0.0928. The van der Waals surface area contributed by atoms with Crippen LogP contribution < -0.4 is 0 Å². The van der Waals surface area contributed by atoms with E-state index in [0.29, 0.717) is 24.0 Å². The second kappa shape index (κ2) is 22.6. The van der Waals surface area contributed by atoms with Crippen molar-refractivity contribution in [3.05, 3.63) is 84.4 Å². The minimum Gasteiger partial charge on any atom is -0.459 e. The molecule has 10 unspecified atom stereocenters. The lowest BCUT2D eigenvalue weighted by molar-refractivity contribution is -0.295. The van der Waals surface area contributed by atoms with Crippen LogP contribution in [0.1, 0.15) is 109 Å². The molecule has 360 valence electrons. The summed E-state index contributed by atoms with van der Waals surface area (Å²) in [4.78, 5) is 57.5. The van der Waals surface area contributed by atoms with Crippen molar-refractivity contribution in [2.45, 2.75) is 161 Å². The highest BCUT2D eigenvalue weighted by atomic mass is 16.7. The molecule has 65 heavy (non-hydrogen) atoms. The molecular weight excluding hydrogens is 835 g/mol. The Morgan fingerprint density at radius 1 is 0.769 bits per heavy atom. The Balaban J connectivity index is 1.55. The molecule has 18 atom stereocenters. The van der Waals surface area contributed by atoms with E-state index in [1.54, 1.807) is 76.2 Å². The van der Waals surface area contributed by atoms with Gasteiger partial charge in [-0.25, -0.2) is 9.59 Å². The van der Waals surface area contributed by atoms with Gasteiger partial charge in [0.15, 0.2) is 18.7 Å². The first-order chi connectivity index (χ1) is 30.7. The fourth-order valence-corrected chi connectivity index (χ4v) is 10.0. The second-order valence-electron chi connectivity index (χ2n) is 19.1. The molecular formula is C51H73NO13. The normalized spacial score (nSPS) is 38.8. The van der Waals surface area contributed by atoms with Crippen molar-refractivity contribution in [1.82, 2.24) is 4.90 Å². The van der Waals surface area contributed by atoms with Gasteiger partial charge in [-0.3, -0.25) is 9.59 Å². The third kappa shape index (κ3) is 12.1. The number of aliphatic hydroxyl groups is 2. The number of Topliss-reactive ketones (excluding diaryl/α,β-unsaturated/α-hetero) is 1. The number of esters is 3. The smallest absolute Gasteiger partial charge is 0.338 e. The molecule has 0 radical (unpaired) electrons. The number of likely N-dealkylation sites (N-methyl/N-ethyl adjacent to an activating group) is 1. The van der Waals surface area contributed by atoms with Gasteiger partial charge in [0.05, 0.1) is 53.6 Å². The molecule has 5 rings (SSSR count). The van der Waals surface area contributed by atoms with Crippen molar-refractivity contribution in [2.75, 3.05) is 14.1 Å². The molecule has 3 saturated heterocycles. The summed E-state index contributed by atoms with van der Waals surface area (Å²) in [5.74, 6) is -6.04. The zero-order valence-electron chi connectivity index (χ0n) is 40.0. The molecule has 0 saturated carbocycles. The lowest BCUT2D eigenvalue weighted by atomic mass is 9.75. The molecule has 0 spiro atoms. The van der Waals surface area contributed by atoms with E-state index in [9.17, 15) is 29.4 Å². The standard InChI is InChI=1S/C51H73NO13/c1-13-39-51(58,14-2)46(54)32(7)41(53)28(3)25-29(4)42(65-50-45(38(52(11)12)27-31(6)59-50)64-49(57)37-23-19-16-20-24-37)33(8)44(34(9)47(55)61-39)62-40-26-30(5)43(35(10)60-40)63-48(56)36-21-17-15-18-22-36/h14-24,28-35,38-40,42-46,50,54,58H,2,13,25-27H2,1,3-12H3/t28-,29?,30?,31?,32+,33?,34?,35?,38?,39?,40+,42+,43-,44?,45-,46-,50?,51-/m1/s1. The van der Waals surface area contributed by atoms with Gasteiger partial charge in [0.2, 0.25) is 0 Å². The molecule has 0 bridgehead atoms. The summed E-state index contributed by atoms with van der Waals surface area (Å²) in [5.41, 5.74) is -1.37. The van der Waals surface area contributed by atoms with Gasteiger partial charge in [0, 0.05) is 30.1 Å². The number of carbonyl (C=O) groups is 4. The Bertz CT molecular complexity index is 1880. The number of ketones is 1. The first-order valence-corrected chi connectivity index (χ1v) is 23.3. The van der Waals surface area contributed by atoms with Gasteiger partial charge < -0.3 is 48.3 Å². The second-order valence-corrected chi connectivity index (χ2v) is 19.1. The fraction of sp³-hybridized carbons (Fsp3) is 0.647. The Labute approximate surface area is 385 Å². The maximum absolute atomic E-state index is 14.5. The molecule has 3 aliphatic rings. The van der Waals surface area contributed by atoms with Crippen molar-refractivity contribution in [3.63, 3.8) is 0 Å². The first-order valence-electron chi connectivity index (χ1n) is 23.3. The predicted octanol–water partition coefficient (Wildman–Crippen LogP) is 6.80. The van der Waals surface area contributed by atoms with E-state index in [2.05, 4.69) is 6.58 Å². The summed E-state index contributed by atoms with van der Waals surface area (Å²) in [7, 11) is 3.82. The number of rotatable bonds is 11. The zero-order valence-corrected chi connectivity index (χ0v) is 40.0. The maximum Gasteiger partial charge on any atom is 0.338 e. The van der Waals surface area contributed by atoms with Crippen molar-refractivity contribution in [1.29, 1.82) is 0 Å². The zero-order chi connectivity index (χ0) is 47.9. The third-order valence-corrected chi connectivity index (χ3v) is 13.9. The average molecular weight is 908 g/mol. The highest BCUT2D eigenvalue weighted by Gasteiger charge is 2.51. The van der Waals surface area contributed by atoms with E-state index < -0.39 is 108 Å². The van der Waals surface area contributed by atoms with Crippen LogP contribution in [0.5, 0.6) is 0 Å². The van der Waals surface area contributed by atoms with Gasteiger partial charge in [-0.2, -0.15) is 0 Å². The number of hydrogen-bond acceptors (Lipinski definition) is 14. The summed E-state index contributed by atoms with van der Waals surface area (Å²) >= 11 is 0. The Hall–Kier alpha value is -4.02. The summed E-state index contributed by atoms with van der Waals surface area (Å²) in [6.07, 6.45) is -6.68. The topological polar surface area (TPSA) is 177 Å². The van der Waals surface area contributed by atoms with Crippen molar-refractivity contribution < 1.29 is 62.5 Å². The van der Waals surface area contributed by atoms with E-state index in [1.807, 2.05) is 65.7 Å². The molecule has 14 heteroatoms. The van der Waals surface area contributed by atoms with Crippen LogP contribution in [0.25, 0.3) is 0 Å². The molecule has 0 amide bonds. The Morgan fingerprint density at radius 2 is 1.32 bits per heavy atom. The number of nitrogens with zero attached hydrogens (tertiary/aromatic N) is 1. The van der Waals surface area contributed by atoms with Crippen LogP contribution >= 0.6 is 0 Å². The Kier molecular flexibility index (Phi) is 18.1. The summed E-state index contributed by atoms with van der Waals surface area (Å²) in [6.45, 7) is 20.0. The van der Waals surface area contributed by atoms with Crippen molar-refractivity contribution in [3.8, 4) is 0 Å². The average Bonchev–Trinajstić information content (AvgIpc) is 3.29. The van der Waals surface area contributed by atoms with Gasteiger partial charge in [0.1, 0.15) is 23.6 Å². The van der Waals surface area contributed by atoms with E-state index in [1.165, 1.54) is 0 Å². The summed E-state index contributed by atoms with van der Waals surface area (Å²) in [5, 5.41) is 23.6. The predicted molar refractivity (Wildman–Crippen MR) is 242 cm³/mol. The van der Waals surface area contributed by atoms with Gasteiger partial charge in [-0.1, -0.05) is 90.6 Å². The quantitative estimate of drug-likeness (QED) is 0.137. The molecule has 0 aromatic heterocycles. The molecule has 2 aromatic rings. The van der Waals surface area contributed by atoms with Crippen LogP contribution in [0.4, 0.5) is 0 Å². The molecule has 2 N–H and O–H groups in total. The van der Waals surface area contributed by atoms with Gasteiger partial charge >= 0.3 is 17.9 Å². The third-order valence-electron chi connectivity index (χ3n) is 13.9. The van der Waals surface area contributed by atoms with Crippen molar-refractivity contribution in [2.24, 2.45) is 35.5 Å². The van der Waals surface area contributed by atoms with Gasteiger partial charge in [-0.15, -0.1) is 0 Å².